The molecule has 0 bridgehead atoms. The van der Waals surface area contributed by atoms with E-state index in [1.54, 1.807) is 12.3 Å². The Balaban J connectivity index is 2.86. The summed E-state index contributed by atoms with van der Waals surface area (Å²) in [5, 5.41) is 4.27. The molecule has 0 amide bonds. The largest absolute Gasteiger partial charge is 0.399 e. The maximum atomic E-state index is 5.81. The zero-order valence-corrected chi connectivity index (χ0v) is 6.88. The van der Waals surface area contributed by atoms with Crippen LogP contribution in [0.5, 0.6) is 0 Å². The maximum absolute atomic E-state index is 5.81. The molecule has 2 nitrogen and oxygen atoms in total. The van der Waals surface area contributed by atoms with Crippen LogP contribution >= 0.6 is 11.6 Å². The molecular weight excluding hydrogens is 162 g/mol. The van der Waals surface area contributed by atoms with E-state index in [9.17, 15) is 0 Å². The molecule has 0 fully saturated rings. The molecule has 0 aliphatic heterocycles. The van der Waals surface area contributed by atoms with E-state index in [1.165, 1.54) is 7.11 Å². The lowest BCUT2D eigenvalue weighted by atomic mass is 10.2. The zero-order chi connectivity index (χ0) is 8.10. The fourth-order valence-corrected chi connectivity index (χ4v) is 0.874. The molecule has 0 N–H and O–H groups in total. The molecule has 0 atom stereocenters. The van der Waals surface area contributed by atoms with Gasteiger partial charge in [-0.25, -0.2) is 0 Å². The highest BCUT2D eigenvalue weighted by molar-refractivity contribution is 6.33. The molecule has 0 aromatic heterocycles. The van der Waals surface area contributed by atoms with E-state index < -0.39 is 0 Å². The van der Waals surface area contributed by atoms with Gasteiger partial charge in [0.2, 0.25) is 0 Å². The van der Waals surface area contributed by atoms with Gasteiger partial charge in [0.25, 0.3) is 0 Å². The third-order valence-electron chi connectivity index (χ3n) is 1.20. The Morgan fingerprint density at radius 3 is 2.82 bits per heavy atom. The predicted molar refractivity (Wildman–Crippen MR) is 46.1 cm³/mol. The smallest absolute Gasteiger partial charge is 0.106 e. The van der Waals surface area contributed by atoms with Gasteiger partial charge in [0.1, 0.15) is 7.11 Å². The van der Waals surface area contributed by atoms with Crippen molar-refractivity contribution in [2.24, 2.45) is 5.16 Å². The van der Waals surface area contributed by atoms with Crippen molar-refractivity contribution in [1.82, 2.24) is 0 Å². The van der Waals surface area contributed by atoms with Gasteiger partial charge in [-0.1, -0.05) is 35.0 Å². The number of nitrogens with zero attached hydrogens (tertiary/aromatic N) is 1. The van der Waals surface area contributed by atoms with Crippen LogP contribution in [0.1, 0.15) is 5.56 Å². The van der Waals surface area contributed by atoms with Gasteiger partial charge >= 0.3 is 0 Å². The van der Waals surface area contributed by atoms with Crippen LogP contribution < -0.4 is 0 Å². The standard InChI is InChI=1S/C8H8ClNO/c1-11-10-6-7-4-2-3-5-8(7)9/h2-6H,1H3/b10-6-. The van der Waals surface area contributed by atoms with Gasteiger partial charge in [0.15, 0.2) is 0 Å². The summed E-state index contributed by atoms with van der Waals surface area (Å²) in [5.41, 5.74) is 0.857. The normalized spacial score (nSPS) is 10.4. The molecule has 11 heavy (non-hydrogen) atoms. The van der Waals surface area contributed by atoms with Crippen LogP contribution in [0, 0.1) is 0 Å². The van der Waals surface area contributed by atoms with Gasteiger partial charge in [-0.15, -0.1) is 0 Å². The average molecular weight is 170 g/mol. The first-order valence-corrected chi connectivity index (χ1v) is 3.53. The second kappa shape index (κ2) is 3.98. The molecule has 0 saturated carbocycles. The van der Waals surface area contributed by atoms with Crippen molar-refractivity contribution in [3.05, 3.63) is 34.9 Å². The van der Waals surface area contributed by atoms with Crippen LogP contribution in [0.25, 0.3) is 0 Å². The van der Waals surface area contributed by atoms with Crippen molar-refractivity contribution in [3.8, 4) is 0 Å². The maximum Gasteiger partial charge on any atom is 0.106 e. The molecular formula is C8H8ClNO. The second-order valence-electron chi connectivity index (χ2n) is 1.94. The van der Waals surface area contributed by atoms with Gasteiger partial charge in [-0.05, 0) is 6.07 Å². The Labute approximate surface area is 70.4 Å². The van der Waals surface area contributed by atoms with Crippen LogP contribution in [0.2, 0.25) is 5.02 Å². The summed E-state index contributed by atoms with van der Waals surface area (Å²) in [5.74, 6) is 0. The quantitative estimate of drug-likeness (QED) is 0.492. The summed E-state index contributed by atoms with van der Waals surface area (Å²) in [7, 11) is 1.49. The van der Waals surface area contributed by atoms with Crippen molar-refractivity contribution in [1.29, 1.82) is 0 Å². The van der Waals surface area contributed by atoms with Crippen molar-refractivity contribution < 1.29 is 4.84 Å². The van der Waals surface area contributed by atoms with Gasteiger partial charge < -0.3 is 4.84 Å². The number of benzene rings is 1. The monoisotopic (exact) mass is 169 g/mol. The van der Waals surface area contributed by atoms with Gasteiger partial charge in [0, 0.05) is 10.6 Å². The topological polar surface area (TPSA) is 21.6 Å². The Kier molecular flexibility index (Phi) is 2.93. The molecule has 1 rings (SSSR count). The number of hydrogen-bond acceptors (Lipinski definition) is 2. The highest BCUT2D eigenvalue weighted by Crippen LogP contribution is 2.11. The fraction of sp³-hybridized carbons (Fsp3) is 0.125. The summed E-state index contributed by atoms with van der Waals surface area (Å²) >= 11 is 5.81. The van der Waals surface area contributed by atoms with Crippen LogP contribution in [0.4, 0.5) is 0 Å². The number of rotatable bonds is 2. The van der Waals surface area contributed by atoms with Crippen molar-refractivity contribution in [2.75, 3.05) is 7.11 Å². The van der Waals surface area contributed by atoms with Crippen molar-refractivity contribution >= 4 is 17.8 Å². The Hall–Kier alpha value is -1.02. The average Bonchev–Trinajstić information content (AvgIpc) is 2.03. The van der Waals surface area contributed by atoms with E-state index in [0.717, 1.165) is 5.56 Å². The lowest BCUT2D eigenvalue weighted by molar-refractivity contribution is 0.215. The highest BCUT2D eigenvalue weighted by Gasteiger charge is 1.92. The summed E-state index contributed by atoms with van der Waals surface area (Å²) in [6.07, 6.45) is 1.57. The highest BCUT2D eigenvalue weighted by atomic mass is 35.5. The van der Waals surface area contributed by atoms with Gasteiger partial charge in [0.05, 0.1) is 6.21 Å². The Morgan fingerprint density at radius 2 is 2.18 bits per heavy atom. The molecule has 0 spiro atoms. The van der Waals surface area contributed by atoms with Gasteiger partial charge in [-0.3, -0.25) is 0 Å². The molecule has 0 aliphatic rings. The third kappa shape index (κ3) is 2.24. The summed E-state index contributed by atoms with van der Waals surface area (Å²) < 4.78 is 0. The lowest BCUT2D eigenvalue weighted by Crippen LogP contribution is -1.82. The summed E-state index contributed by atoms with van der Waals surface area (Å²) in [4.78, 5) is 4.51. The Bertz CT molecular complexity index is 260. The van der Waals surface area contributed by atoms with E-state index in [0.29, 0.717) is 5.02 Å². The van der Waals surface area contributed by atoms with Crippen LogP contribution in [-0.2, 0) is 4.84 Å². The molecule has 0 aliphatic carbocycles. The second-order valence-corrected chi connectivity index (χ2v) is 2.35. The van der Waals surface area contributed by atoms with Crippen LogP contribution in [-0.4, -0.2) is 13.3 Å². The molecule has 0 unspecified atom stereocenters. The van der Waals surface area contributed by atoms with Crippen molar-refractivity contribution in [2.45, 2.75) is 0 Å². The molecule has 58 valence electrons. The minimum absolute atomic E-state index is 0.674. The van der Waals surface area contributed by atoms with E-state index in [-0.39, 0.29) is 0 Å². The van der Waals surface area contributed by atoms with Crippen LogP contribution in [0.3, 0.4) is 0 Å². The fourth-order valence-electron chi connectivity index (χ4n) is 0.689. The SMILES string of the molecule is CO/N=C\c1ccccc1Cl. The minimum Gasteiger partial charge on any atom is -0.399 e. The minimum atomic E-state index is 0.674. The Morgan fingerprint density at radius 1 is 1.45 bits per heavy atom. The molecule has 0 radical (unpaired) electrons. The first-order chi connectivity index (χ1) is 5.34. The molecule has 0 saturated heterocycles. The molecule has 1 aromatic rings. The van der Waals surface area contributed by atoms with Gasteiger partial charge in [-0.2, -0.15) is 0 Å². The zero-order valence-electron chi connectivity index (χ0n) is 6.12. The van der Waals surface area contributed by atoms with E-state index >= 15 is 0 Å². The van der Waals surface area contributed by atoms with Crippen molar-refractivity contribution in [3.63, 3.8) is 0 Å². The molecule has 1 aromatic carbocycles. The third-order valence-corrected chi connectivity index (χ3v) is 1.55. The number of oxime groups is 1. The van der Waals surface area contributed by atoms with E-state index in [1.807, 2.05) is 18.2 Å². The van der Waals surface area contributed by atoms with Crippen LogP contribution in [0.15, 0.2) is 29.4 Å². The number of hydrogen-bond donors (Lipinski definition) is 0. The first-order valence-electron chi connectivity index (χ1n) is 3.15. The predicted octanol–water partition coefficient (Wildman–Crippen LogP) is 2.32. The lowest BCUT2D eigenvalue weighted by Gasteiger charge is -1.93. The molecule has 0 heterocycles. The molecule has 3 heteroatoms. The summed E-state index contributed by atoms with van der Waals surface area (Å²) in [6, 6.07) is 7.43. The van der Waals surface area contributed by atoms with E-state index in [4.69, 9.17) is 11.6 Å². The first kappa shape index (κ1) is 8.08. The van der Waals surface area contributed by atoms with E-state index in [2.05, 4.69) is 9.99 Å². The summed E-state index contributed by atoms with van der Waals surface area (Å²) in [6.45, 7) is 0. The number of halogens is 1.